The molecule has 0 aromatic rings. The van der Waals surface area contributed by atoms with Gasteiger partial charge in [-0.25, -0.2) is 0 Å². The normalized spacial score (nSPS) is 23.6. The quantitative estimate of drug-likeness (QED) is 0.544. The number of aliphatic hydroxyl groups excluding tert-OH is 1. The minimum absolute atomic E-state index is 0.0847. The fraction of sp³-hybridized carbons (Fsp3) is 0.933. The lowest BCUT2D eigenvalue weighted by atomic mass is 9.91. The number of hydrogen-bond donors (Lipinski definition) is 1. The summed E-state index contributed by atoms with van der Waals surface area (Å²) in [6.45, 7) is 3.31. The summed E-state index contributed by atoms with van der Waals surface area (Å²) in [6, 6.07) is 0.332. The number of nitrogens with zero attached hydrogens (tertiary/aromatic N) is 1. The van der Waals surface area contributed by atoms with E-state index < -0.39 is 0 Å². The van der Waals surface area contributed by atoms with Crippen LogP contribution in [0, 0.1) is 0 Å². The fourth-order valence-corrected chi connectivity index (χ4v) is 2.81. The monoisotopic (exact) mass is 271 g/mol. The van der Waals surface area contributed by atoms with Crippen LogP contribution in [0.4, 0.5) is 0 Å². The van der Waals surface area contributed by atoms with Crippen molar-refractivity contribution in [2.75, 3.05) is 20.2 Å². The van der Waals surface area contributed by atoms with Gasteiger partial charge in [0, 0.05) is 12.5 Å². The lowest BCUT2D eigenvalue weighted by molar-refractivity contribution is -0.143. The molecule has 1 rings (SSSR count). The highest BCUT2D eigenvalue weighted by Crippen LogP contribution is 2.22. The zero-order valence-electron chi connectivity index (χ0n) is 12.4. The van der Waals surface area contributed by atoms with Crippen molar-refractivity contribution in [2.24, 2.45) is 0 Å². The summed E-state index contributed by atoms with van der Waals surface area (Å²) in [7, 11) is 2.10. The van der Waals surface area contributed by atoms with Gasteiger partial charge >= 0.3 is 5.97 Å². The van der Waals surface area contributed by atoms with Crippen LogP contribution in [0.5, 0.6) is 0 Å². The SMILES string of the molecule is CCOC(=O)CCCCCN(C)C1CCCCC1O. The van der Waals surface area contributed by atoms with Gasteiger partial charge in [-0.1, -0.05) is 19.3 Å². The van der Waals surface area contributed by atoms with Crippen LogP contribution in [0.15, 0.2) is 0 Å². The van der Waals surface area contributed by atoms with Crippen molar-refractivity contribution < 1.29 is 14.6 Å². The molecule has 1 N–H and O–H groups in total. The number of hydrogen-bond acceptors (Lipinski definition) is 4. The largest absolute Gasteiger partial charge is 0.466 e. The van der Waals surface area contributed by atoms with Crippen molar-refractivity contribution in [3.8, 4) is 0 Å². The lowest BCUT2D eigenvalue weighted by Crippen LogP contribution is -2.43. The first-order valence-corrected chi connectivity index (χ1v) is 7.69. The third-order valence-electron chi connectivity index (χ3n) is 3.96. The van der Waals surface area contributed by atoms with Crippen LogP contribution in [0.1, 0.15) is 58.3 Å². The standard InChI is InChI=1S/C15H29NO3/c1-3-19-15(18)11-5-4-8-12-16(2)13-9-6-7-10-14(13)17/h13-14,17H,3-12H2,1-2H3. The van der Waals surface area contributed by atoms with Gasteiger partial charge in [-0.05, 0) is 46.2 Å². The Morgan fingerprint density at radius 2 is 2.00 bits per heavy atom. The molecule has 0 heterocycles. The first kappa shape index (κ1) is 16.4. The maximum absolute atomic E-state index is 11.2. The second-order valence-corrected chi connectivity index (χ2v) is 5.52. The summed E-state index contributed by atoms with van der Waals surface area (Å²) in [5.74, 6) is -0.0847. The van der Waals surface area contributed by atoms with Crippen LogP contribution in [-0.4, -0.2) is 48.3 Å². The Morgan fingerprint density at radius 3 is 2.68 bits per heavy atom. The van der Waals surface area contributed by atoms with Crippen LogP contribution in [0.3, 0.4) is 0 Å². The fourth-order valence-electron chi connectivity index (χ4n) is 2.81. The van der Waals surface area contributed by atoms with Crippen LogP contribution in [0.2, 0.25) is 0 Å². The predicted molar refractivity (Wildman–Crippen MR) is 76.0 cm³/mol. The summed E-state index contributed by atoms with van der Waals surface area (Å²) in [4.78, 5) is 13.5. The Labute approximate surface area is 117 Å². The molecule has 4 nitrogen and oxygen atoms in total. The van der Waals surface area contributed by atoms with E-state index >= 15 is 0 Å². The minimum Gasteiger partial charge on any atom is -0.466 e. The number of carbonyl (C=O) groups excluding carboxylic acids is 1. The Balaban J connectivity index is 2.06. The number of rotatable bonds is 8. The summed E-state index contributed by atoms with van der Waals surface area (Å²) in [5, 5.41) is 9.97. The zero-order valence-corrected chi connectivity index (χ0v) is 12.4. The Kier molecular flexibility index (Phi) is 8.07. The van der Waals surface area contributed by atoms with Gasteiger partial charge in [0.05, 0.1) is 12.7 Å². The minimum atomic E-state index is -0.154. The third-order valence-corrected chi connectivity index (χ3v) is 3.96. The van der Waals surface area contributed by atoms with Gasteiger partial charge < -0.3 is 14.7 Å². The predicted octanol–water partition coefficient (Wildman–Crippen LogP) is 2.35. The van der Waals surface area contributed by atoms with E-state index in [0.717, 1.165) is 45.1 Å². The number of esters is 1. The first-order chi connectivity index (χ1) is 9.15. The van der Waals surface area contributed by atoms with Crippen LogP contribution >= 0.6 is 0 Å². The molecule has 0 spiro atoms. The molecule has 1 fully saturated rings. The topological polar surface area (TPSA) is 49.8 Å². The molecule has 0 amide bonds. The number of aliphatic hydroxyl groups is 1. The molecule has 0 aromatic carbocycles. The highest BCUT2D eigenvalue weighted by atomic mass is 16.5. The average Bonchev–Trinajstić information content (AvgIpc) is 2.39. The van der Waals surface area contributed by atoms with Crippen molar-refractivity contribution in [1.29, 1.82) is 0 Å². The van der Waals surface area contributed by atoms with Crippen molar-refractivity contribution >= 4 is 5.97 Å². The average molecular weight is 271 g/mol. The molecule has 0 aliphatic heterocycles. The highest BCUT2D eigenvalue weighted by Gasteiger charge is 2.25. The van der Waals surface area contributed by atoms with Crippen molar-refractivity contribution in [3.05, 3.63) is 0 Å². The molecule has 2 unspecified atom stereocenters. The number of carbonyl (C=O) groups is 1. The molecular formula is C15H29NO3. The van der Waals surface area contributed by atoms with Crippen LogP contribution < -0.4 is 0 Å². The molecule has 112 valence electrons. The smallest absolute Gasteiger partial charge is 0.305 e. The second-order valence-electron chi connectivity index (χ2n) is 5.52. The van der Waals surface area contributed by atoms with Crippen molar-refractivity contribution in [1.82, 2.24) is 4.90 Å². The molecule has 1 saturated carbocycles. The van der Waals surface area contributed by atoms with E-state index in [9.17, 15) is 9.90 Å². The summed E-state index contributed by atoms with van der Waals surface area (Å²) in [5.41, 5.74) is 0. The van der Waals surface area contributed by atoms with E-state index in [2.05, 4.69) is 11.9 Å². The van der Waals surface area contributed by atoms with Gasteiger partial charge in [0.2, 0.25) is 0 Å². The molecule has 2 atom stereocenters. The molecule has 4 heteroatoms. The van der Waals surface area contributed by atoms with Crippen LogP contribution in [0.25, 0.3) is 0 Å². The van der Waals surface area contributed by atoms with Gasteiger partial charge in [-0.15, -0.1) is 0 Å². The molecule has 1 aliphatic carbocycles. The molecule has 0 aromatic heterocycles. The van der Waals surface area contributed by atoms with E-state index in [1.165, 1.54) is 6.42 Å². The third kappa shape index (κ3) is 6.39. The Morgan fingerprint density at radius 1 is 1.26 bits per heavy atom. The molecule has 0 radical (unpaired) electrons. The molecule has 0 bridgehead atoms. The van der Waals surface area contributed by atoms with Crippen molar-refractivity contribution in [3.63, 3.8) is 0 Å². The van der Waals surface area contributed by atoms with Gasteiger partial charge in [0.15, 0.2) is 0 Å². The highest BCUT2D eigenvalue weighted by molar-refractivity contribution is 5.69. The number of likely N-dealkylation sites (N-methyl/N-ethyl adjacent to an activating group) is 1. The van der Waals surface area contributed by atoms with E-state index in [0.29, 0.717) is 19.1 Å². The maximum atomic E-state index is 11.2. The van der Waals surface area contributed by atoms with E-state index in [1.807, 2.05) is 6.92 Å². The van der Waals surface area contributed by atoms with Gasteiger partial charge in [0.25, 0.3) is 0 Å². The molecule has 0 saturated heterocycles. The van der Waals surface area contributed by atoms with Gasteiger partial charge in [-0.2, -0.15) is 0 Å². The lowest BCUT2D eigenvalue weighted by Gasteiger charge is -2.35. The Hall–Kier alpha value is -0.610. The summed E-state index contributed by atoms with van der Waals surface area (Å²) >= 11 is 0. The maximum Gasteiger partial charge on any atom is 0.305 e. The second kappa shape index (κ2) is 9.32. The summed E-state index contributed by atoms with van der Waals surface area (Å²) < 4.78 is 4.90. The molecule has 1 aliphatic rings. The Bertz CT molecular complexity index is 258. The summed E-state index contributed by atoms with van der Waals surface area (Å²) in [6.07, 6.45) is 7.85. The molecular weight excluding hydrogens is 242 g/mol. The van der Waals surface area contributed by atoms with E-state index in [-0.39, 0.29) is 12.1 Å². The van der Waals surface area contributed by atoms with Crippen molar-refractivity contribution in [2.45, 2.75) is 70.4 Å². The zero-order chi connectivity index (χ0) is 14.1. The van der Waals surface area contributed by atoms with E-state index in [1.54, 1.807) is 0 Å². The number of unbranched alkanes of at least 4 members (excludes halogenated alkanes) is 2. The van der Waals surface area contributed by atoms with Crippen LogP contribution in [-0.2, 0) is 9.53 Å². The first-order valence-electron chi connectivity index (χ1n) is 7.69. The van der Waals surface area contributed by atoms with Gasteiger partial charge in [0.1, 0.15) is 0 Å². The van der Waals surface area contributed by atoms with Gasteiger partial charge in [-0.3, -0.25) is 4.79 Å². The molecule has 19 heavy (non-hydrogen) atoms. The number of ether oxygens (including phenoxy) is 1. The van der Waals surface area contributed by atoms with E-state index in [4.69, 9.17) is 4.74 Å².